The van der Waals surface area contributed by atoms with Gasteiger partial charge in [-0.25, -0.2) is 0 Å². The molecule has 0 aromatic heterocycles. The van der Waals surface area contributed by atoms with Crippen LogP contribution in [0.15, 0.2) is 24.3 Å². The van der Waals surface area contributed by atoms with Crippen molar-refractivity contribution in [3.63, 3.8) is 0 Å². The smallest absolute Gasteiger partial charge is 0.251 e. The van der Waals surface area contributed by atoms with Gasteiger partial charge in [-0.3, -0.25) is 4.79 Å². The van der Waals surface area contributed by atoms with E-state index in [4.69, 9.17) is 0 Å². The fourth-order valence-electron chi connectivity index (χ4n) is 2.06. The zero-order chi connectivity index (χ0) is 14.1. The zero-order valence-electron chi connectivity index (χ0n) is 12.4. The first kappa shape index (κ1) is 15.7. The van der Waals surface area contributed by atoms with Crippen LogP contribution in [-0.2, 0) is 0 Å². The second-order valence-corrected chi connectivity index (χ2v) is 4.91. The number of hydrogen-bond acceptors (Lipinski definition) is 2. The Morgan fingerprint density at radius 1 is 1.16 bits per heavy atom. The Morgan fingerprint density at radius 2 is 1.84 bits per heavy atom. The topological polar surface area (TPSA) is 32.3 Å². The summed E-state index contributed by atoms with van der Waals surface area (Å²) in [5, 5.41) is 2.97. The first-order chi connectivity index (χ1) is 9.17. The molecule has 106 valence electrons. The average Bonchev–Trinajstić information content (AvgIpc) is 2.42. The minimum Gasteiger partial charge on any atom is -0.352 e. The first-order valence-corrected chi connectivity index (χ1v) is 7.24. The molecule has 0 unspecified atom stereocenters. The van der Waals surface area contributed by atoms with E-state index in [9.17, 15) is 4.79 Å². The predicted octanol–water partition coefficient (Wildman–Crippen LogP) is 2.85. The molecule has 3 nitrogen and oxygen atoms in total. The third-order valence-corrected chi connectivity index (χ3v) is 3.24. The van der Waals surface area contributed by atoms with Crippen LogP contribution in [0.25, 0.3) is 0 Å². The van der Waals surface area contributed by atoms with Gasteiger partial charge in [-0.2, -0.15) is 0 Å². The molecule has 0 atom stereocenters. The monoisotopic (exact) mass is 262 g/mol. The number of nitrogens with zero attached hydrogens (tertiary/aromatic N) is 1. The predicted molar refractivity (Wildman–Crippen MR) is 80.5 cm³/mol. The van der Waals surface area contributed by atoms with Gasteiger partial charge in [0.05, 0.1) is 0 Å². The molecule has 1 rings (SSSR count). The van der Waals surface area contributed by atoms with Gasteiger partial charge in [-0.15, -0.1) is 0 Å². The van der Waals surface area contributed by atoms with Gasteiger partial charge in [0.2, 0.25) is 0 Å². The highest BCUT2D eigenvalue weighted by Crippen LogP contribution is 2.02. The van der Waals surface area contributed by atoms with E-state index in [1.54, 1.807) is 0 Å². The van der Waals surface area contributed by atoms with Crippen molar-refractivity contribution in [2.75, 3.05) is 26.2 Å². The lowest BCUT2D eigenvalue weighted by molar-refractivity contribution is 0.0951. The molecule has 3 heteroatoms. The summed E-state index contributed by atoms with van der Waals surface area (Å²) in [4.78, 5) is 14.3. The SMILES string of the molecule is CCCN(CC)CCCNC(=O)c1ccc(C)cc1. The van der Waals surface area contributed by atoms with Gasteiger partial charge >= 0.3 is 0 Å². The summed E-state index contributed by atoms with van der Waals surface area (Å²) in [6.45, 7) is 10.4. The third-order valence-electron chi connectivity index (χ3n) is 3.24. The Kier molecular flexibility index (Phi) is 7.19. The number of rotatable bonds is 8. The molecule has 0 aliphatic heterocycles. The lowest BCUT2D eigenvalue weighted by Crippen LogP contribution is -2.30. The average molecular weight is 262 g/mol. The van der Waals surface area contributed by atoms with E-state index < -0.39 is 0 Å². The van der Waals surface area contributed by atoms with E-state index in [0.717, 1.165) is 38.2 Å². The maximum atomic E-state index is 11.9. The molecule has 19 heavy (non-hydrogen) atoms. The molecule has 0 heterocycles. The Balaban J connectivity index is 2.25. The van der Waals surface area contributed by atoms with Crippen molar-refractivity contribution < 1.29 is 4.79 Å². The molecule has 0 saturated heterocycles. The van der Waals surface area contributed by atoms with Crippen LogP contribution in [0.5, 0.6) is 0 Å². The summed E-state index contributed by atoms with van der Waals surface area (Å²) in [5.41, 5.74) is 1.92. The minimum absolute atomic E-state index is 0.0264. The zero-order valence-corrected chi connectivity index (χ0v) is 12.4. The molecule has 1 amide bonds. The molecule has 1 N–H and O–H groups in total. The minimum atomic E-state index is 0.0264. The molecule has 0 aliphatic rings. The first-order valence-electron chi connectivity index (χ1n) is 7.24. The van der Waals surface area contributed by atoms with Crippen molar-refractivity contribution in [3.05, 3.63) is 35.4 Å². The summed E-state index contributed by atoms with van der Waals surface area (Å²) >= 11 is 0. The van der Waals surface area contributed by atoms with Crippen molar-refractivity contribution in [3.8, 4) is 0 Å². The molecule has 1 aromatic rings. The summed E-state index contributed by atoms with van der Waals surface area (Å²) < 4.78 is 0. The second-order valence-electron chi connectivity index (χ2n) is 4.91. The number of benzene rings is 1. The number of carbonyl (C=O) groups is 1. The van der Waals surface area contributed by atoms with E-state index in [-0.39, 0.29) is 5.91 Å². The molecule has 1 aromatic carbocycles. The van der Waals surface area contributed by atoms with Gasteiger partial charge in [0.15, 0.2) is 0 Å². The van der Waals surface area contributed by atoms with Crippen molar-refractivity contribution in [1.29, 1.82) is 0 Å². The molecule has 0 fully saturated rings. The Hall–Kier alpha value is -1.35. The highest BCUT2D eigenvalue weighted by Gasteiger charge is 2.05. The van der Waals surface area contributed by atoms with E-state index in [2.05, 4.69) is 24.1 Å². The molecule has 0 radical (unpaired) electrons. The number of aryl methyl sites for hydroxylation is 1. The fraction of sp³-hybridized carbons (Fsp3) is 0.562. The number of nitrogens with one attached hydrogen (secondary N) is 1. The summed E-state index contributed by atoms with van der Waals surface area (Å²) in [6, 6.07) is 7.68. The van der Waals surface area contributed by atoms with Crippen LogP contribution in [0.2, 0.25) is 0 Å². The van der Waals surface area contributed by atoms with Crippen LogP contribution in [-0.4, -0.2) is 37.0 Å². The number of hydrogen-bond donors (Lipinski definition) is 1. The van der Waals surface area contributed by atoms with Crippen molar-refractivity contribution in [2.24, 2.45) is 0 Å². The number of carbonyl (C=O) groups excluding carboxylic acids is 1. The lowest BCUT2D eigenvalue weighted by atomic mass is 10.1. The standard InChI is InChI=1S/C16H26N2O/c1-4-12-18(5-2)13-6-11-17-16(19)15-9-7-14(3)8-10-15/h7-10H,4-6,11-13H2,1-3H3,(H,17,19). The maximum absolute atomic E-state index is 11.9. The molecule has 0 spiro atoms. The van der Waals surface area contributed by atoms with Gasteiger partial charge in [0, 0.05) is 12.1 Å². The molecular weight excluding hydrogens is 236 g/mol. The normalized spacial score (nSPS) is 10.7. The van der Waals surface area contributed by atoms with Crippen LogP contribution in [0.1, 0.15) is 42.6 Å². The Labute approximate surface area is 117 Å². The molecule has 0 aliphatic carbocycles. The largest absolute Gasteiger partial charge is 0.352 e. The maximum Gasteiger partial charge on any atom is 0.251 e. The highest BCUT2D eigenvalue weighted by atomic mass is 16.1. The fourth-order valence-corrected chi connectivity index (χ4v) is 2.06. The summed E-state index contributed by atoms with van der Waals surface area (Å²) in [6.07, 6.45) is 2.19. The molecule has 0 saturated carbocycles. The van der Waals surface area contributed by atoms with Gasteiger partial charge in [0.1, 0.15) is 0 Å². The van der Waals surface area contributed by atoms with Gasteiger partial charge in [0.25, 0.3) is 5.91 Å². The molecule has 0 bridgehead atoms. The van der Waals surface area contributed by atoms with Crippen LogP contribution < -0.4 is 5.32 Å². The molecular formula is C16H26N2O. The van der Waals surface area contributed by atoms with E-state index >= 15 is 0 Å². The second kappa shape index (κ2) is 8.70. The summed E-state index contributed by atoms with van der Waals surface area (Å²) in [7, 11) is 0. The van der Waals surface area contributed by atoms with Crippen LogP contribution in [0, 0.1) is 6.92 Å². The van der Waals surface area contributed by atoms with E-state index in [0.29, 0.717) is 0 Å². The van der Waals surface area contributed by atoms with Crippen molar-refractivity contribution in [2.45, 2.75) is 33.6 Å². The number of amides is 1. The van der Waals surface area contributed by atoms with Crippen molar-refractivity contribution in [1.82, 2.24) is 10.2 Å². The lowest BCUT2D eigenvalue weighted by Gasteiger charge is -2.19. The van der Waals surface area contributed by atoms with Gasteiger partial charge in [-0.05, 0) is 51.5 Å². The Bertz CT molecular complexity index is 373. The third kappa shape index (κ3) is 5.88. The quantitative estimate of drug-likeness (QED) is 0.731. The van der Waals surface area contributed by atoms with Gasteiger partial charge in [-0.1, -0.05) is 31.5 Å². The van der Waals surface area contributed by atoms with Crippen LogP contribution in [0.4, 0.5) is 0 Å². The van der Waals surface area contributed by atoms with E-state index in [1.165, 1.54) is 12.0 Å². The summed E-state index contributed by atoms with van der Waals surface area (Å²) in [5.74, 6) is 0.0264. The van der Waals surface area contributed by atoms with Crippen LogP contribution >= 0.6 is 0 Å². The van der Waals surface area contributed by atoms with Gasteiger partial charge < -0.3 is 10.2 Å². The van der Waals surface area contributed by atoms with Crippen molar-refractivity contribution >= 4 is 5.91 Å². The van der Waals surface area contributed by atoms with E-state index in [1.807, 2.05) is 31.2 Å². The Morgan fingerprint density at radius 3 is 2.42 bits per heavy atom. The highest BCUT2D eigenvalue weighted by molar-refractivity contribution is 5.94. The van der Waals surface area contributed by atoms with Crippen LogP contribution in [0.3, 0.4) is 0 Å².